The number of hydrogen-bond donors (Lipinski definition) is 1. The first kappa shape index (κ1) is 21.5. The highest BCUT2D eigenvalue weighted by atomic mass is 32.2. The van der Waals surface area contributed by atoms with E-state index in [0.717, 1.165) is 40.9 Å². The Morgan fingerprint density at radius 3 is 2.15 bits per heavy atom. The predicted octanol–water partition coefficient (Wildman–Crippen LogP) is 4.66. The molecule has 1 aliphatic rings. The van der Waals surface area contributed by atoms with Crippen LogP contribution in [0.25, 0.3) is 10.8 Å². The van der Waals surface area contributed by atoms with Crippen LogP contribution in [0.15, 0.2) is 88.5 Å². The van der Waals surface area contributed by atoms with E-state index < -0.39 is 10.0 Å². The standard InChI is InChI=1S/C25H23N3O3S2/c29-25(28-14-12-27(13-15-28)21-9-2-1-3-10-21)22-17-19-7-4-5-8-20(19)18-23(22)26-33(30,31)24-11-6-16-32-24/h1-11,16-18,26H,12-15H2. The zero-order valence-electron chi connectivity index (χ0n) is 17.8. The molecule has 8 heteroatoms. The summed E-state index contributed by atoms with van der Waals surface area (Å²) in [6, 6.07) is 24.6. The van der Waals surface area contributed by atoms with Crippen LogP contribution in [0, 0.1) is 0 Å². The summed E-state index contributed by atoms with van der Waals surface area (Å²) in [5.74, 6) is -0.169. The van der Waals surface area contributed by atoms with Gasteiger partial charge in [0.15, 0.2) is 0 Å². The molecule has 0 aliphatic carbocycles. The normalized spacial score (nSPS) is 14.4. The molecule has 1 aromatic heterocycles. The van der Waals surface area contributed by atoms with Crippen molar-refractivity contribution in [1.29, 1.82) is 0 Å². The highest BCUT2D eigenvalue weighted by Crippen LogP contribution is 2.29. The third kappa shape index (κ3) is 4.44. The number of piperazine rings is 1. The van der Waals surface area contributed by atoms with Gasteiger partial charge in [0.25, 0.3) is 15.9 Å². The second-order valence-electron chi connectivity index (χ2n) is 7.90. The molecule has 4 aromatic rings. The number of carbonyl (C=O) groups is 1. The summed E-state index contributed by atoms with van der Waals surface area (Å²) in [5, 5.41) is 3.47. The van der Waals surface area contributed by atoms with Gasteiger partial charge in [0, 0.05) is 31.9 Å². The summed E-state index contributed by atoms with van der Waals surface area (Å²) in [4.78, 5) is 17.6. The van der Waals surface area contributed by atoms with E-state index in [2.05, 4.69) is 21.8 Å². The van der Waals surface area contributed by atoms with Crippen LogP contribution in [0.2, 0.25) is 0 Å². The van der Waals surface area contributed by atoms with Gasteiger partial charge in [-0.3, -0.25) is 9.52 Å². The predicted molar refractivity (Wildman–Crippen MR) is 134 cm³/mol. The first-order valence-electron chi connectivity index (χ1n) is 10.7. The number of nitrogens with one attached hydrogen (secondary N) is 1. The largest absolute Gasteiger partial charge is 0.368 e. The molecule has 1 N–H and O–H groups in total. The van der Waals surface area contributed by atoms with Gasteiger partial charge in [0.2, 0.25) is 0 Å². The molecule has 1 amide bonds. The lowest BCUT2D eigenvalue weighted by Gasteiger charge is -2.36. The van der Waals surface area contributed by atoms with Gasteiger partial charge < -0.3 is 9.80 Å². The Kier molecular flexibility index (Phi) is 5.78. The molecule has 33 heavy (non-hydrogen) atoms. The molecule has 0 saturated carbocycles. The number of hydrogen-bond acceptors (Lipinski definition) is 5. The third-order valence-electron chi connectivity index (χ3n) is 5.81. The van der Waals surface area contributed by atoms with Crippen molar-refractivity contribution in [2.75, 3.05) is 35.8 Å². The fourth-order valence-electron chi connectivity index (χ4n) is 4.09. The van der Waals surface area contributed by atoms with Gasteiger partial charge in [-0.25, -0.2) is 8.42 Å². The number of benzene rings is 3. The number of sulfonamides is 1. The molecule has 1 saturated heterocycles. The molecule has 0 atom stereocenters. The first-order valence-corrected chi connectivity index (χ1v) is 13.1. The van der Waals surface area contributed by atoms with Crippen LogP contribution < -0.4 is 9.62 Å². The maximum Gasteiger partial charge on any atom is 0.271 e. The van der Waals surface area contributed by atoms with E-state index in [1.807, 2.05) is 42.5 Å². The molecule has 0 bridgehead atoms. The average Bonchev–Trinajstić information content (AvgIpc) is 3.40. The molecule has 1 aliphatic heterocycles. The van der Waals surface area contributed by atoms with E-state index in [0.29, 0.717) is 24.3 Å². The summed E-state index contributed by atoms with van der Waals surface area (Å²) < 4.78 is 28.7. The van der Waals surface area contributed by atoms with Crippen molar-refractivity contribution in [3.8, 4) is 0 Å². The van der Waals surface area contributed by atoms with Crippen LogP contribution >= 0.6 is 11.3 Å². The van der Waals surface area contributed by atoms with Crippen LogP contribution in [0.1, 0.15) is 10.4 Å². The second-order valence-corrected chi connectivity index (χ2v) is 10.8. The van der Waals surface area contributed by atoms with E-state index in [4.69, 9.17) is 0 Å². The summed E-state index contributed by atoms with van der Waals surface area (Å²) in [5.41, 5.74) is 1.80. The van der Waals surface area contributed by atoms with Gasteiger partial charge in [-0.1, -0.05) is 48.5 Å². The highest BCUT2D eigenvalue weighted by molar-refractivity contribution is 7.94. The molecule has 168 valence electrons. The van der Waals surface area contributed by atoms with Crippen LogP contribution in [0.4, 0.5) is 11.4 Å². The summed E-state index contributed by atoms with van der Waals surface area (Å²) in [6.07, 6.45) is 0. The van der Waals surface area contributed by atoms with Gasteiger partial charge in [-0.15, -0.1) is 11.3 Å². The van der Waals surface area contributed by atoms with E-state index in [1.165, 1.54) is 0 Å². The topological polar surface area (TPSA) is 69.7 Å². The Hall–Kier alpha value is -3.36. The highest BCUT2D eigenvalue weighted by Gasteiger charge is 2.26. The summed E-state index contributed by atoms with van der Waals surface area (Å²) in [6.45, 7) is 2.58. The quantitative estimate of drug-likeness (QED) is 0.454. The Bertz CT molecular complexity index is 1380. The number of carbonyl (C=O) groups excluding carboxylic acids is 1. The Labute approximate surface area is 197 Å². The van der Waals surface area contributed by atoms with Gasteiger partial charge >= 0.3 is 0 Å². The SMILES string of the molecule is O=C(c1cc2ccccc2cc1NS(=O)(=O)c1cccs1)N1CCN(c2ccccc2)CC1. The van der Waals surface area contributed by atoms with Crippen LogP contribution in [-0.2, 0) is 10.0 Å². The number of para-hydroxylation sites is 1. The number of amides is 1. The average molecular weight is 478 g/mol. The van der Waals surface area contributed by atoms with Crippen LogP contribution in [-0.4, -0.2) is 45.4 Å². The number of anilines is 2. The molecule has 0 unspecified atom stereocenters. The van der Waals surface area contributed by atoms with Crippen molar-refractivity contribution in [2.24, 2.45) is 0 Å². The maximum absolute atomic E-state index is 13.6. The Morgan fingerprint density at radius 2 is 1.48 bits per heavy atom. The fraction of sp³-hybridized carbons (Fsp3) is 0.160. The smallest absolute Gasteiger partial charge is 0.271 e. The van der Waals surface area contributed by atoms with Crippen molar-refractivity contribution in [3.63, 3.8) is 0 Å². The monoisotopic (exact) mass is 477 g/mol. The Balaban J connectivity index is 1.44. The number of thiophene rings is 1. The lowest BCUT2D eigenvalue weighted by Crippen LogP contribution is -2.49. The van der Waals surface area contributed by atoms with E-state index in [1.54, 1.807) is 34.5 Å². The minimum absolute atomic E-state index is 0.169. The second kappa shape index (κ2) is 8.88. The maximum atomic E-state index is 13.6. The molecule has 2 heterocycles. The zero-order chi connectivity index (χ0) is 22.8. The van der Waals surface area contributed by atoms with Gasteiger partial charge in [0.1, 0.15) is 4.21 Å². The molecule has 3 aromatic carbocycles. The minimum atomic E-state index is -3.78. The van der Waals surface area contributed by atoms with Gasteiger partial charge in [-0.2, -0.15) is 0 Å². The van der Waals surface area contributed by atoms with Gasteiger partial charge in [0.05, 0.1) is 11.3 Å². The summed E-state index contributed by atoms with van der Waals surface area (Å²) in [7, 11) is -3.78. The van der Waals surface area contributed by atoms with Crippen LogP contribution in [0.5, 0.6) is 0 Å². The third-order valence-corrected chi connectivity index (χ3v) is 8.57. The molecular formula is C25H23N3O3S2. The zero-order valence-corrected chi connectivity index (χ0v) is 19.5. The van der Waals surface area contributed by atoms with Crippen molar-refractivity contribution in [2.45, 2.75) is 4.21 Å². The van der Waals surface area contributed by atoms with E-state index in [9.17, 15) is 13.2 Å². The molecule has 0 spiro atoms. The van der Waals surface area contributed by atoms with Gasteiger partial charge in [-0.05, 0) is 46.5 Å². The number of rotatable bonds is 5. The molecule has 1 fully saturated rings. The lowest BCUT2D eigenvalue weighted by molar-refractivity contribution is 0.0748. The first-order chi connectivity index (χ1) is 16.0. The van der Waals surface area contributed by atoms with Crippen LogP contribution in [0.3, 0.4) is 0 Å². The minimum Gasteiger partial charge on any atom is -0.368 e. The molecule has 6 nitrogen and oxygen atoms in total. The molecule has 5 rings (SSSR count). The number of fused-ring (bicyclic) bond motifs is 1. The Morgan fingerprint density at radius 1 is 0.818 bits per heavy atom. The van der Waals surface area contributed by atoms with E-state index in [-0.39, 0.29) is 10.1 Å². The fourth-order valence-corrected chi connectivity index (χ4v) is 6.15. The summed E-state index contributed by atoms with van der Waals surface area (Å²) >= 11 is 1.14. The number of nitrogens with zero attached hydrogens (tertiary/aromatic N) is 2. The lowest BCUT2D eigenvalue weighted by atomic mass is 10.0. The van der Waals surface area contributed by atoms with Crippen molar-refractivity contribution < 1.29 is 13.2 Å². The molecule has 0 radical (unpaired) electrons. The van der Waals surface area contributed by atoms with Crippen molar-refractivity contribution >= 4 is 49.4 Å². The van der Waals surface area contributed by atoms with E-state index >= 15 is 0 Å². The van der Waals surface area contributed by atoms with Crippen molar-refractivity contribution in [1.82, 2.24) is 4.90 Å². The van der Waals surface area contributed by atoms with Crippen molar-refractivity contribution in [3.05, 3.63) is 89.8 Å². The molecular weight excluding hydrogens is 454 g/mol.